The Morgan fingerprint density at radius 3 is 2.26 bits per heavy atom. The van der Waals surface area contributed by atoms with Gasteiger partial charge in [0.15, 0.2) is 0 Å². The molecular weight excluding hydrogens is 306 g/mol. The standard InChI is InChI=1S/C14H19N3O6/c18-11(16-8-13(20)21)6-15-12(19)7-17-14(22)23-9-10-4-2-1-3-5-10/h1-5,14,17,22H,6-9H2,(H,15,19)(H,16,18)(H,20,21). The number of hydrogen-bond acceptors (Lipinski definition) is 6. The highest BCUT2D eigenvalue weighted by atomic mass is 16.6. The first-order valence-corrected chi connectivity index (χ1v) is 6.79. The van der Waals surface area contributed by atoms with Crippen molar-refractivity contribution in [2.24, 2.45) is 0 Å². The molecule has 1 aromatic rings. The number of aliphatic hydroxyl groups is 1. The molecule has 0 heterocycles. The molecule has 0 saturated carbocycles. The van der Waals surface area contributed by atoms with Crippen molar-refractivity contribution >= 4 is 17.8 Å². The lowest BCUT2D eigenvalue weighted by atomic mass is 10.2. The molecule has 23 heavy (non-hydrogen) atoms. The lowest BCUT2D eigenvalue weighted by Crippen LogP contribution is -2.44. The van der Waals surface area contributed by atoms with Crippen LogP contribution in [0, 0.1) is 0 Å². The van der Waals surface area contributed by atoms with Gasteiger partial charge in [0.1, 0.15) is 6.54 Å². The number of nitrogens with one attached hydrogen (secondary N) is 3. The summed E-state index contributed by atoms with van der Waals surface area (Å²) in [6.45, 7) is -0.954. The summed E-state index contributed by atoms with van der Waals surface area (Å²) in [5.74, 6) is -2.34. The molecule has 2 amide bonds. The van der Waals surface area contributed by atoms with E-state index in [0.29, 0.717) is 0 Å². The van der Waals surface area contributed by atoms with Crippen molar-refractivity contribution < 1.29 is 29.3 Å². The molecule has 0 aliphatic heterocycles. The molecule has 126 valence electrons. The molecule has 1 aromatic carbocycles. The Bertz CT molecular complexity index is 523. The summed E-state index contributed by atoms with van der Waals surface area (Å²) in [4.78, 5) is 32.8. The molecule has 0 bridgehead atoms. The maximum atomic E-state index is 11.4. The summed E-state index contributed by atoms with van der Waals surface area (Å²) in [5, 5.41) is 24.7. The van der Waals surface area contributed by atoms with Crippen LogP contribution in [-0.2, 0) is 25.7 Å². The molecule has 1 atom stereocenters. The van der Waals surface area contributed by atoms with E-state index in [9.17, 15) is 19.5 Å². The number of rotatable bonds is 10. The van der Waals surface area contributed by atoms with Crippen LogP contribution in [0.4, 0.5) is 0 Å². The molecule has 0 spiro atoms. The van der Waals surface area contributed by atoms with Gasteiger partial charge in [-0.1, -0.05) is 30.3 Å². The Kier molecular flexibility index (Phi) is 8.29. The highest BCUT2D eigenvalue weighted by Gasteiger charge is 2.09. The Morgan fingerprint density at radius 1 is 1.00 bits per heavy atom. The number of aliphatic carboxylic acids is 1. The monoisotopic (exact) mass is 325 g/mol. The van der Waals surface area contributed by atoms with Gasteiger partial charge in [-0.2, -0.15) is 0 Å². The Morgan fingerprint density at radius 2 is 1.61 bits per heavy atom. The lowest BCUT2D eigenvalue weighted by molar-refractivity contribution is -0.139. The number of aliphatic hydroxyl groups excluding tert-OH is 1. The van der Waals surface area contributed by atoms with Gasteiger partial charge in [0.2, 0.25) is 18.2 Å². The van der Waals surface area contributed by atoms with Gasteiger partial charge < -0.3 is 25.6 Å². The number of carboxylic acids is 1. The van der Waals surface area contributed by atoms with Gasteiger partial charge in [-0.3, -0.25) is 19.7 Å². The van der Waals surface area contributed by atoms with Gasteiger partial charge in [-0.15, -0.1) is 0 Å². The van der Waals surface area contributed by atoms with E-state index in [1.165, 1.54) is 0 Å². The highest BCUT2D eigenvalue weighted by molar-refractivity contribution is 5.87. The molecule has 0 fully saturated rings. The third-order valence-electron chi connectivity index (χ3n) is 2.57. The molecule has 0 radical (unpaired) electrons. The van der Waals surface area contributed by atoms with Crippen molar-refractivity contribution in [2.45, 2.75) is 13.0 Å². The fourth-order valence-corrected chi connectivity index (χ4v) is 1.47. The van der Waals surface area contributed by atoms with E-state index in [4.69, 9.17) is 9.84 Å². The Balaban J connectivity index is 2.12. The fraction of sp³-hybridized carbons (Fsp3) is 0.357. The minimum absolute atomic E-state index is 0.175. The summed E-state index contributed by atoms with van der Waals surface area (Å²) >= 11 is 0. The zero-order valence-corrected chi connectivity index (χ0v) is 12.3. The van der Waals surface area contributed by atoms with Gasteiger partial charge in [-0.05, 0) is 5.56 Å². The molecule has 0 aliphatic carbocycles. The Hall–Kier alpha value is -2.49. The number of ether oxygens (including phenoxy) is 1. The van der Waals surface area contributed by atoms with Crippen LogP contribution in [-0.4, -0.2) is 54.0 Å². The van der Waals surface area contributed by atoms with Crippen molar-refractivity contribution in [3.63, 3.8) is 0 Å². The number of carbonyl (C=O) groups is 3. The molecular formula is C14H19N3O6. The van der Waals surface area contributed by atoms with Gasteiger partial charge >= 0.3 is 5.97 Å². The zero-order chi connectivity index (χ0) is 17.1. The van der Waals surface area contributed by atoms with Crippen LogP contribution >= 0.6 is 0 Å². The van der Waals surface area contributed by atoms with Crippen LogP contribution in [0.1, 0.15) is 5.56 Å². The second-order valence-electron chi connectivity index (χ2n) is 4.48. The average molecular weight is 325 g/mol. The first kappa shape index (κ1) is 18.6. The number of amides is 2. The topological polar surface area (TPSA) is 137 Å². The molecule has 5 N–H and O–H groups in total. The molecule has 1 unspecified atom stereocenters. The minimum atomic E-state index is -1.33. The third kappa shape index (κ3) is 9.19. The lowest BCUT2D eigenvalue weighted by Gasteiger charge is -2.13. The first-order valence-electron chi connectivity index (χ1n) is 6.79. The molecule has 0 aliphatic rings. The van der Waals surface area contributed by atoms with E-state index in [1.54, 1.807) is 0 Å². The predicted molar refractivity (Wildman–Crippen MR) is 78.9 cm³/mol. The molecule has 1 rings (SSSR count). The van der Waals surface area contributed by atoms with E-state index >= 15 is 0 Å². The van der Waals surface area contributed by atoms with Gasteiger partial charge in [0, 0.05) is 0 Å². The van der Waals surface area contributed by atoms with Crippen molar-refractivity contribution in [3.05, 3.63) is 35.9 Å². The normalized spacial score (nSPS) is 11.5. The smallest absolute Gasteiger partial charge is 0.322 e. The largest absolute Gasteiger partial charge is 0.480 e. The first-order chi connectivity index (χ1) is 11.0. The zero-order valence-electron chi connectivity index (χ0n) is 12.3. The average Bonchev–Trinajstić information content (AvgIpc) is 2.55. The number of carboxylic acid groups (broad SMARTS) is 1. The molecule has 9 heteroatoms. The summed E-state index contributed by atoms with van der Waals surface area (Å²) in [5.41, 5.74) is 0.868. The van der Waals surface area contributed by atoms with Crippen LogP contribution in [0.25, 0.3) is 0 Å². The van der Waals surface area contributed by atoms with Crippen LogP contribution in [0.15, 0.2) is 30.3 Å². The number of benzene rings is 1. The minimum Gasteiger partial charge on any atom is -0.480 e. The highest BCUT2D eigenvalue weighted by Crippen LogP contribution is 2.01. The van der Waals surface area contributed by atoms with Gasteiger partial charge in [-0.25, -0.2) is 0 Å². The maximum absolute atomic E-state index is 11.4. The van der Waals surface area contributed by atoms with E-state index in [-0.39, 0.29) is 19.7 Å². The van der Waals surface area contributed by atoms with Gasteiger partial charge in [0.05, 0.1) is 19.7 Å². The maximum Gasteiger partial charge on any atom is 0.322 e. The van der Waals surface area contributed by atoms with Crippen molar-refractivity contribution in [1.82, 2.24) is 16.0 Å². The summed E-state index contributed by atoms with van der Waals surface area (Å²) in [6.07, 6.45) is -1.33. The van der Waals surface area contributed by atoms with Crippen molar-refractivity contribution in [2.75, 3.05) is 19.6 Å². The molecule has 9 nitrogen and oxygen atoms in total. The van der Waals surface area contributed by atoms with Crippen LogP contribution in [0.3, 0.4) is 0 Å². The molecule has 0 saturated heterocycles. The Labute approximate surface area is 132 Å². The second-order valence-corrected chi connectivity index (χ2v) is 4.48. The summed E-state index contributed by atoms with van der Waals surface area (Å²) in [6, 6.07) is 9.18. The van der Waals surface area contributed by atoms with Crippen LogP contribution < -0.4 is 16.0 Å². The quantitative estimate of drug-likeness (QED) is 0.326. The van der Waals surface area contributed by atoms with Gasteiger partial charge in [0.25, 0.3) is 0 Å². The van der Waals surface area contributed by atoms with E-state index in [0.717, 1.165) is 5.56 Å². The van der Waals surface area contributed by atoms with Crippen LogP contribution in [0.2, 0.25) is 0 Å². The summed E-state index contributed by atoms with van der Waals surface area (Å²) in [7, 11) is 0. The number of hydrogen-bond donors (Lipinski definition) is 5. The fourth-order valence-electron chi connectivity index (χ4n) is 1.47. The number of carbonyl (C=O) groups excluding carboxylic acids is 2. The predicted octanol–water partition coefficient (Wildman–Crippen LogP) is -1.61. The third-order valence-corrected chi connectivity index (χ3v) is 2.57. The van der Waals surface area contributed by atoms with E-state index < -0.39 is 30.7 Å². The SMILES string of the molecule is O=C(O)CNC(=O)CNC(=O)CNC(O)OCc1ccccc1. The second kappa shape index (κ2) is 10.3. The van der Waals surface area contributed by atoms with Crippen molar-refractivity contribution in [1.29, 1.82) is 0 Å². The van der Waals surface area contributed by atoms with Crippen molar-refractivity contribution in [3.8, 4) is 0 Å². The van der Waals surface area contributed by atoms with E-state index in [1.807, 2.05) is 30.3 Å². The van der Waals surface area contributed by atoms with E-state index in [2.05, 4.69) is 16.0 Å². The summed E-state index contributed by atoms with van der Waals surface area (Å²) < 4.78 is 5.09. The molecule has 0 aromatic heterocycles. The van der Waals surface area contributed by atoms with Crippen LogP contribution in [0.5, 0.6) is 0 Å².